The zero-order valence-electron chi connectivity index (χ0n) is 6.33. The van der Waals surface area contributed by atoms with Crippen molar-refractivity contribution in [2.45, 2.75) is 11.6 Å². The summed E-state index contributed by atoms with van der Waals surface area (Å²) in [6.07, 6.45) is 1.80. The standard InChI is InChI=1S/C5H5N2.2CH3.Al/c6-5-3-1-2-4-7-5;;;/h1-4H,(H-,6,7);2*1H3;/q-1;;;+1. The molecule has 0 amide bonds. The fourth-order valence-electron chi connectivity index (χ4n) is 0.744. The first-order valence-corrected chi connectivity index (χ1v) is 6.35. The lowest BCUT2D eigenvalue weighted by atomic mass is 10.5. The molecule has 0 unspecified atom stereocenters. The third-order valence-corrected chi connectivity index (χ3v) is 1.97. The molecule has 0 bridgehead atoms. The molecule has 0 spiro atoms. The molecule has 1 aromatic heterocycles. The summed E-state index contributed by atoms with van der Waals surface area (Å²) in [6, 6.07) is 5.91. The number of anilines is 1. The average Bonchev–Trinajstić information content (AvgIpc) is 1.88. The van der Waals surface area contributed by atoms with E-state index >= 15 is 0 Å². The molecule has 0 fully saturated rings. The largest absolute Gasteiger partial charge is 0.461 e. The third-order valence-electron chi connectivity index (χ3n) is 1.10. The highest BCUT2D eigenvalue weighted by Gasteiger charge is 2.01. The van der Waals surface area contributed by atoms with Gasteiger partial charge in [-0.15, -0.1) is 0 Å². The topological polar surface area (TPSA) is 24.9 Å². The van der Waals surface area contributed by atoms with Crippen molar-refractivity contribution in [3.8, 4) is 0 Å². The Hall–Kier alpha value is -0.518. The monoisotopic (exact) mass is 150 g/mol. The third kappa shape index (κ3) is 2.38. The van der Waals surface area contributed by atoms with E-state index in [1.165, 1.54) is 0 Å². The average molecular weight is 150 g/mol. The van der Waals surface area contributed by atoms with Gasteiger partial charge in [-0.3, -0.25) is 0 Å². The summed E-state index contributed by atoms with van der Waals surface area (Å²) in [5.41, 5.74) is 0. The van der Waals surface area contributed by atoms with Crippen LogP contribution in [-0.2, 0) is 0 Å². The van der Waals surface area contributed by atoms with E-state index in [0.717, 1.165) is 5.82 Å². The van der Waals surface area contributed by atoms with Crippen LogP contribution in [0, 0.1) is 0 Å². The summed E-state index contributed by atoms with van der Waals surface area (Å²) >= 11 is -0.710. The fraction of sp³-hybridized carbons (Fsp3) is 0.286. The van der Waals surface area contributed by atoms with Crippen LogP contribution in [0.4, 0.5) is 5.82 Å². The second-order valence-corrected chi connectivity index (χ2v) is 5.11. The molecule has 1 N–H and O–H groups in total. The van der Waals surface area contributed by atoms with E-state index in [-0.39, 0.29) is 0 Å². The minimum atomic E-state index is -0.710. The van der Waals surface area contributed by atoms with Gasteiger partial charge in [0.15, 0.2) is 0 Å². The van der Waals surface area contributed by atoms with Gasteiger partial charge in [-0.2, -0.15) is 0 Å². The van der Waals surface area contributed by atoms with Crippen LogP contribution in [0.3, 0.4) is 0 Å². The molecule has 1 aromatic rings. The van der Waals surface area contributed by atoms with Gasteiger partial charge in [-0.05, 0) is 12.1 Å². The Labute approximate surface area is 65.9 Å². The molecule has 0 saturated heterocycles. The predicted octanol–water partition coefficient (Wildman–Crippen LogP) is 1.74. The molecule has 52 valence electrons. The predicted molar refractivity (Wildman–Crippen MR) is 45.3 cm³/mol. The van der Waals surface area contributed by atoms with Gasteiger partial charge >= 0.3 is 14.4 Å². The van der Waals surface area contributed by atoms with Crippen LogP contribution in [0.15, 0.2) is 24.4 Å². The number of rotatable bonds is 2. The fourth-order valence-corrected chi connectivity index (χ4v) is 1.51. The number of aromatic nitrogens is 1. The van der Waals surface area contributed by atoms with Crippen molar-refractivity contribution < 1.29 is 0 Å². The maximum absolute atomic E-state index is 4.14. The van der Waals surface area contributed by atoms with E-state index < -0.39 is 14.4 Å². The summed E-state index contributed by atoms with van der Waals surface area (Å²) in [7, 11) is 0. The van der Waals surface area contributed by atoms with Crippen molar-refractivity contribution in [3.05, 3.63) is 24.4 Å². The first kappa shape index (κ1) is 7.59. The Bertz CT molecular complexity index is 186. The van der Waals surface area contributed by atoms with Crippen LogP contribution < -0.4 is 4.30 Å². The van der Waals surface area contributed by atoms with Gasteiger partial charge in [0.05, 0.1) is 0 Å². The van der Waals surface area contributed by atoms with Crippen molar-refractivity contribution in [1.82, 2.24) is 4.98 Å². The van der Waals surface area contributed by atoms with Crippen molar-refractivity contribution in [1.29, 1.82) is 0 Å². The molecular weight excluding hydrogens is 139 g/mol. The summed E-state index contributed by atoms with van der Waals surface area (Å²) in [5, 5.41) is 0. The number of hydrogen-bond donors (Lipinski definition) is 1. The zero-order chi connectivity index (χ0) is 7.40. The van der Waals surface area contributed by atoms with Crippen LogP contribution in [0.5, 0.6) is 0 Å². The van der Waals surface area contributed by atoms with E-state index in [2.05, 4.69) is 20.9 Å². The van der Waals surface area contributed by atoms with E-state index in [4.69, 9.17) is 0 Å². The Morgan fingerprint density at radius 3 is 2.70 bits per heavy atom. The Morgan fingerprint density at radius 2 is 2.20 bits per heavy atom. The zero-order valence-corrected chi connectivity index (χ0v) is 7.49. The smallest absolute Gasteiger partial charge is 0.405 e. The molecule has 0 aliphatic rings. The first-order chi connectivity index (χ1) is 4.79. The summed E-state index contributed by atoms with van der Waals surface area (Å²) in [6.45, 7) is 0. The maximum atomic E-state index is 4.14. The van der Waals surface area contributed by atoms with Crippen LogP contribution in [0.1, 0.15) is 0 Å². The molecule has 1 rings (SSSR count). The van der Waals surface area contributed by atoms with Crippen molar-refractivity contribution in [3.63, 3.8) is 0 Å². The lowest BCUT2D eigenvalue weighted by Crippen LogP contribution is -2.15. The highest BCUT2D eigenvalue weighted by atomic mass is 27.2. The molecule has 1 heterocycles. The lowest BCUT2D eigenvalue weighted by Gasteiger charge is -2.03. The van der Waals surface area contributed by atoms with E-state index in [1.54, 1.807) is 6.20 Å². The number of hydrogen-bond acceptors (Lipinski definition) is 2. The molecule has 0 atom stereocenters. The Kier molecular flexibility index (Phi) is 2.73. The van der Waals surface area contributed by atoms with Gasteiger partial charge in [-0.25, -0.2) is 4.98 Å². The lowest BCUT2D eigenvalue weighted by molar-refractivity contribution is 1.33. The van der Waals surface area contributed by atoms with Gasteiger partial charge in [0.25, 0.3) is 0 Å². The highest BCUT2D eigenvalue weighted by Crippen LogP contribution is 1.99. The second-order valence-electron chi connectivity index (χ2n) is 2.51. The molecule has 0 aliphatic heterocycles. The first-order valence-electron chi connectivity index (χ1n) is 3.46. The molecular formula is C7H11AlN2. The SMILES string of the molecule is [CH3][Al]([CH3])[NH]c1ccccn1. The summed E-state index contributed by atoms with van der Waals surface area (Å²) in [4.78, 5) is 4.14. The van der Waals surface area contributed by atoms with Gasteiger partial charge in [0.1, 0.15) is 5.82 Å². The molecule has 0 radical (unpaired) electrons. The van der Waals surface area contributed by atoms with Gasteiger partial charge in [0.2, 0.25) is 0 Å². The van der Waals surface area contributed by atoms with Crippen LogP contribution in [0.25, 0.3) is 0 Å². The van der Waals surface area contributed by atoms with Gasteiger partial charge in [0, 0.05) is 6.20 Å². The van der Waals surface area contributed by atoms with Crippen molar-refractivity contribution in [2.75, 3.05) is 4.30 Å². The minimum absolute atomic E-state index is 0.710. The number of nitrogens with one attached hydrogen (secondary N) is 1. The van der Waals surface area contributed by atoms with E-state index in [0.29, 0.717) is 0 Å². The van der Waals surface area contributed by atoms with E-state index in [1.807, 2.05) is 18.2 Å². The Morgan fingerprint density at radius 1 is 1.40 bits per heavy atom. The number of nitrogens with zero attached hydrogens (tertiary/aromatic N) is 1. The second kappa shape index (κ2) is 3.60. The van der Waals surface area contributed by atoms with Crippen LogP contribution in [0.2, 0.25) is 11.6 Å². The maximum Gasteiger partial charge on any atom is 0.405 e. The van der Waals surface area contributed by atoms with Crippen molar-refractivity contribution >= 4 is 20.2 Å². The molecule has 0 saturated carbocycles. The van der Waals surface area contributed by atoms with Gasteiger partial charge in [-0.1, -0.05) is 17.6 Å². The molecule has 10 heavy (non-hydrogen) atoms. The van der Waals surface area contributed by atoms with Crippen LogP contribution >= 0.6 is 0 Å². The highest BCUT2D eigenvalue weighted by molar-refractivity contribution is 6.59. The molecule has 0 aromatic carbocycles. The number of pyridine rings is 1. The summed E-state index contributed by atoms with van der Waals surface area (Å²) in [5.74, 6) is 5.47. The Balaban J connectivity index is 2.59. The minimum Gasteiger partial charge on any atom is -0.461 e. The normalized spacial score (nSPS) is 9.00. The van der Waals surface area contributed by atoms with Crippen LogP contribution in [-0.4, -0.2) is 19.4 Å². The van der Waals surface area contributed by atoms with E-state index in [9.17, 15) is 0 Å². The molecule has 0 aliphatic carbocycles. The summed E-state index contributed by atoms with van der Waals surface area (Å²) < 4.78 is 3.33. The quantitative estimate of drug-likeness (QED) is 0.649. The van der Waals surface area contributed by atoms with Crippen molar-refractivity contribution in [2.24, 2.45) is 0 Å². The molecule has 3 heteroatoms. The van der Waals surface area contributed by atoms with Gasteiger partial charge < -0.3 is 4.30 Å². The molecule has 2 nitrogen and oxygen atoms in total.